The van der Waals surface area contributed by atoms with Crippen molar-refractivity contribution in [2.45, 2.75) is 32.3 Å². The summed E-state index contributed by atoms with van der Waals surface area (Å²) in [6.45, 7) is 2.83. The van der Waals surface area contributed by atoms with E-state index in [1.54, 1.807) is 6.92 Å². The molecule has 1 unspecified atom stereocenters. The lowest BCUT2D eigenvalue weighted by atomic mass is 10.2. The van der Waals surface area contributed by atoms with E-state index in [9.17, 15) is 19.7 Å². The maximum Gasteiger partial charge on any atom is 0.271 e. The first-order valence-electron chi connectivity index (χ1n) is 7.92. The molecule has 134 valence electrons. The molecule has 2 N–H and O–H groups in total. The molecule has 9 nitrogen and oxygen atoms in total. The first-order valence-corrected chi connectivity index (χ1v) is 7.92. The lowest BCUT2D eigenvalue weighted by molar-refractivity contribution is -0.384. The lowest BCUT2D eigenvalue weighted by Gasteiger charge is -2.10. The van der Waals surface area contributed by atoms with Gasteiger partial charge in [0.15, 0.2) is 0 Å². The fourth-order valence-electron chi connectivity index (χ4n) is 2.31. The van der Waals surface area contributed by atoms with Crippen LogP contribution in [0.15, 0.2) is 29.4 Å². The number of carbonyl (C=O) groups excluding carboxylic acids is 2. The van der Waals surface area contributed by atoms with Crippen molar-refractivity contribution < 1.29 is 19.2 Å². The molecule has 1 aliphatic heterocycles. The molecule has 1 fully saturated rings. The fraction of sp³-hybridized carbons (Fsp3) is 0.438. The third kappa shape index (κ3) is 5.96. The van der Waals surface area contributed by atoms with Crippen LogP contribution in [0, 0.1) is 10.1 Å². The molecule has 0 spiro atoms. The number of amides is 2. The minimum absolute atomic E-state index is 0.0628. The number of hydrogen-bond acceptors (Lipinski definition) is 6. The summed E-state index contributed by atoms with van der Waals surface area (Å²) >= 11 is 0. The maximum atomic E-state index is 11.9. The third-order valence-corrected chi connectivity index (χ3v) is 3.66. The number of hydrogen-bond donors (Lipinski definition) is 2. The molecule has 1 atom stereocenters. The standard InChI is InChI=1S/C16H20N4O5/c1-11(9-15(21)17-10-14-3-2-8-25-14)18-19-16(22)12-4-6-13(7-5-12)20(23)24/h4-7,14H,2-3,8-10H2,1H3,(H,17,21)(H,19,22)/b18-11+. The number of carbonyl (C=O) groups is 2. The number of nitrogens with one attached hydrogen (secondary N) is 2. The molecule has 0 aromatic heterocycles. The van der Waals surface area contributed by atoms with Crippen LogP contribution in [0.1, 0.15) is 36.5 Å². The molecule has 1 saturated heterocycles. The van der Waals surface area contributed by atoms with Crippen molar-refractivity contribution in [3.63, 3.8) is 0 Å². The van der Waals surface area contributed by atoms with E-state index >= 15 is 0 Å². The first kappa shape index (κ1) is 18.5. The van der Waals surface area contributed by atoms with Gasteiger partial charge in [-0.15, -0.1) is 0 Å². The molecule has 1 aromatic carbocycles. The number of benzene rings is 1. The number of nitrogens with zero attached hydrogens (tertiary/aromatic N) is 2. The molecule has 0 saturated carbocycles. The van der Waals surface area contributed by atoms with E-state index in [0.29, 0.717) is 12.3 Å². The second kappa shape index (κ2) is 8.88. The monoisotopic (exact) mass is 348 g/mol. The van der Waals surface area contributed by atoms with Crippen LogP contribution in [-0.2, 0) is 9.53 Å². The van der Waals surface area contributed by atoms with Gasteiger partial charge in [0.1, 0.15) is 0 Å². The Morgan fingerprint density at radius 1 is 1.36 bits per heavy atom. The Labute approximate surface area is 144 Å². The zero-order valence-corrected chi connectivity index (χ0v) is 13.9. The zero-order valence-electron chi connectivity index (χ0n) is 13.9. The van der Waals surface area contributed by atoms with Crippen LogP contribution in [0.5, 0.6) is 0 Å². The Balaban J connectivity index is 1.77. The summed E-state index contributed by atoms with van der Waals surface area (Å²) in [5.74, 6) is -0.699. The average Bonchev–Trinajstić information content (AvgIpc) is 3.11. The van der Waals surface area contributed by atoms with Crippen LogP contribution in [-0.4, -0.2) is 41.7 Å². The Bertz CT molecular complexity index is 666. The van der Waals surface area contributed by atoms with E-state index < -0.39 is 10.8 Å². The van der Waals surface area contributed by atoms with Crippen molar-refractivity contribution in [2.24, 2.45) is 5.10 Å². The summed E-state index contributed by atoms with van der Waals surface area (Å²) in [5.41, 5.74) is 2.91. The highest BCUT2D eigenvalue weighted by Gasteiger charge is 2.16. The molecule has 9 heteroatoms. The number of nitro benzene ring substituents is 1. The molecule has 25 heavy (non-hydrogen) atoms. The molecule has 2 amide bonds. The van der Waals surface area contributed by atoms with Crippen molar-refractivity contribution in [3.05, 3.63) is 39.9 Å². The summed E-state index contributed by atoms with van der Waals surface area (Å²) in [5, 5.41) is 17.2. The Morgan fingerprint density at radius 2 is 2.08 bits per heavy atom. The third-order valence-electron chi connectivity index (χ3n) is 3.66. The van der Waals surface area contributed by atoms with Gasteiger partial charge in [-0.3, -0.25) is 19.7 Å². The zero-order chi connectivity index (χ0) is 18.2. The van der Waals surface area contributed by atoms with Crippen LogP contribution >= 0.6 is 0 Å². The quantitative estimate of drug-likeness (QED) is 0.438. The van der Waals surface area contributed by atoms with E-state index in [2.05, 4.69) is 15.8 Å². The molecular weight excluding hydrogens is 328 g/mol. The summed E-state index contributed by atoms with van der Waals surface area (Å²) in [4.78, 5) is 33.7. The Hall–Kier alpha value is -2.81. The largest absolute Gasteiger partial charge is 0.376 e. The van der Waals surface area contributed by atoms with E-state index in [1.807, 2.05) is 0 Å². The normalized spacial score (nSPS) is 17.2. The minimum atomic E-state index is -0.542. The van der Waals surface area contributed by atoms with Crippen molar-refractivity contribution in [1.82, 2.24) is 10.7 Å². The Morgan fingerprint density at radius 3 is 2.68 bits per heavy atom. The van der Waals surface area contributed by atoms with Gasteiger partial charge in [-0.05, 0) is 31.9 Å². The van der Waals surface area contributed by atoms with Crippen molar-refractivity contribution >= 4 is 23.2 Å². The molecule has 1 heterocycles. The van der Waals surface area contributed by atoms with Gasteiger partial charge in [-0.2, -0.15) is 5.10 Å². The average molecular weight is 348 g/mol. The number of hydrazone groups is 1. The first-order chi connectivity index (χ1) is 12.0. The van der Waals surface area contributed by atoms with E-state index in [1.165, 1.54) is 24.3 Å². The van der Waals surface area contributed by atoms with Crippen molar-refractivity contribution in [1.29, 1.82) is 0 Å². The predicted molar refractivity (Wildman–Crippen MR) is 90.3 cm³/mol. The van der Waals surface area contributed by atoms with Gasteiger partial charge in [0.05, 0.1) is 17.4 Å². The van der Waals surface area contributed by atoms with Gasteiger partial charge < -0.3 is 10.1 Å². The number of non-ortho nitro benzene ring substituents is 1. The molecule has 0 radical (unpaired) electrons. The number of ether oxygens (including phenoxy) is 1. The number of nitro groups is 1. The minimum Gasteiger partial charge on any atom is -0.376 e. The number of rotatable bonds is 7. The second-order valence-electron chi connectivity index (χ2n) is 5.71. The summed E-state index contributed by atoms with van der Waals surface area (Å²) in [6, 6.07) is 5.16. The van der Waals surface area contributed by atoms with Gasteiger partial charge >= 0.3 is 0 Å². The highest BCUT2D eigenvalue weighted by atomic mass is 16.6. The molecule has 0 bridgehead atoms. The van der Waals surface area contributed by atoms with E-state index in [0.717, 1.165) is 19.4 Å². The van der Waals surface area contributed by atoms with Crippen molar-refractivity contribution in [3.8, 4) is 0 Å². The molecular formula is C16H20N4O5. The van der Waals surface area contributed by atoms with Crippen LogP contribution < -0.4 is 10.7 Å². The highest BCUT2D eigenvalue weighted by Crippen LogP contribution is 2.12. The van der Waals surface area contributed by atoms with Crippen LogP contribution in [0.2, 0.25) is 0 Å². The molecule has 1 aliphatic rings. The second-order valence-corrected chi connectivity index (χ2v) is 5.71. The highest BCUT2D eigenvalue weighted by molar-refractivity contribution is 6.01. The van der Waals surface area contributed by atoms with Crippen LogP contribution in [0.3, 0.4) is 0 Å². The van der Waals surface area contributed by atoms with E-state index in [4.69, 9.17) is 4.74 Å². The van der Waals surface area contributed by atoms with Crippen LogP contribution in [0.25, 0.3) is 0 Å². The van der Waals surface area contributed by atoms with Gasteiger partial charge in [-0.1, -0.05) is 0 Å². The van der Waals surface area contributed by atoms with E-state index in [-0.39, 0.29) is 29.7 Å². The van der Waals surface area contributed by atoms with Gasteiger partial charge in [0.2, 0.25) is 5.91 Å². The smallest absolute Gasteiger partial charge is 0.271 e. The predicted octanol–water partition coefficient (Wildman–Crippen LogP) is 1.39. The lowest BCUT2D eigenvalue weighted by Crippen LogP contribution is -2.33. The van der Waals surface area contributed by atoms with Crippen molar-refractivity contribution in [2.75, 3.05) is 13.2 Å². The van der Waals surface area contributed by atoms with Gasteiger partial charge in [0.25, 0.3) is 11.6 Å². The topological polar surface area (TPSA) is 123 Å². The van der Waals surface area contributed by atoms with Crippen LogP contribution in [0.4, 0.5) is 5.69 Å². The summed E-state index contributed by atoms with van der Waals surface area (Å²) in [7, 11) is 0. The maximum absolute atomic E-state index is 11.9. The fourth-order valence-corrected chi connectivity index (χ4v) is 2.31. The van der Waals surface area contributed by atoms with Gasteiger partial charge in [0, 0.05) is 36.6 Å². The molecule has 1 aromatic rings. The van der Waals surface area contributed by atoms with Gasteiger partial charge in [-0.25, -0.2) is 5.43 Å². The molecule has 0 aliphatic carbocycles. The summed E-state index contributed by atoms with van der Waals surface area (Å²) < 4.78 is 5.42. The molecule has 2 rings (SSSR count). The summed E-state index contributed by atoms with van der Waals surface area (Å²) in [6.07, 6.45) is 2.09. The SMILES string of the molecule is C/C(CC(=O)NCC1CCCO1)=N\NC(=O)c1ccc([N+](=O)[O-])cc1. The Kier molecular flexibility index (Phi) is 6.58.